The van der Waals surface area contributed by atoms with Crippen molar-refractivity contribution < 1.29 is 32.7 Å². The number of benzene rings is 1. The Hall–Kier alpha value is 0.0539. The maximum atomic E-state index is 7.05. The van der Waals surface area contributed by atoms with Crippen molar-refractivity contribution in [2.24, 2.45) is 0 Å². The number of alkyl halides is 1. The zero-order valence-electron chi connectivity index (χ0n) is 11.2. The van der Waals surface area contributed by atoms with E-state index < -0.39 is 0 Å². The third-order valence-corrected chi connectivity index (χ3v) is 3.69. The molecule has 19 heavy (non-hydrogen) atoms. The van der Waals surface area contributed by atoms with Crippen molar-refractivity contribution in [1.82, 2.24) is 4.90 Å². The van der Waals surface area contributed by atoms with Crippen LogP contribution in [-0.4, -0.2) is 43.0 Å². The molecule has 0 amide bonds. The van der Waals surface area contributed by atoms with Gasteiger partial charge in [0, 0.05) is 70.8 Å². The van der Waals surface area contributed by atoms with Crippen LogP contribution in [-0.2, 0) is 32.7 Å². The summed E-state index contributed by atoms with van der Waals surface area (Å²) in [7, 11) is 0. The average molecular weight is 396 g/mol. The van der Waals surface area contributed by atoms with Crippen LogP contribution in [0.25, 0.3) is 4.85 Å². The Balaban J connectivity index is 0.00000180. The maximum absolute atomic E-state index is 7.05. The molecule has 0 saturated carbocycles. The Morgan fingerprint density at radius 3 is 2.53 bits per heavy atom. The van der Waals surface area contributed by atoms with Gasteiger partial charge >= 0.3 is 0 Å². The molecule has 0 atom stereocenters. The second kappa shape index (κ2) is 8.37. The van der Waals surface area contributed by atoms with Crippen LogP contribution in [0.1, 0.15) is 5.56 Å². The normalized spacial score (nSPS) is 15.7. The number of halogens is 1. The first-order valence-corrected chi connectivity index (χ1v) is 7.30. The first-order valence-electron chi connectivity index (χ1n) is 6.18. The van der Waals surface area contributed by atoms with Gasteiger partial charge in [-0.05, 0) is 0 Å². The van der Waals surface area contributed by atoms with Crippen molar-refractivity contribution in [2.75, 3.05) is 43.0 Å². The van der Waals surface area contributed by atoms with E-state index in [1.807, 2.05) is 19.1 Å². The maximum Gasteiger partial charge on any atom is 0.210 e. The van der Waals surface area contributed by atoms with Gasteiger partial charge in [0.1, 0.15) is 6.57 Å². The fourth-order valence-electron chi connectivity index (χ4n) is 2.22. The summed E-state index contributed by atoms with van der Waals surface area (Å²) in [4.78, 5) is 8.30. The smallest absolute Gasteiger partial charge is 0.210 e. The molecule has 99 valence electrons. The summed E-state index contributed by atoms with van der Waals surface area (Å²) < 4.78 is 0. The molecule has 0 unspecified atom stereocenters. The minimum Gasteiger partial charge on any atom is -0.391 e. The van der Waals surface area contributed by atoms with Crippen LogP contribution in [0.2, 0.25) is 0 Å². The molecule has 5 heteroatoms. The summed E-state index contributed by atoms with van der Waals surface area (Å²) in [5.74, 6) is 0. The van der Waals surface area contributed by atoms with Crippen LogP contribution in [0.4, 0.5) is 11.4 Å². The molecule has 0 aliphatic carbocycles. The third kappa shape index (κ3) is 4.53. The summed E-state index contributed by atoms with van der Waals surface area (Å²) in [6, 6.07) is 7.24. The zero-order chi connectivity index (χ0) is 13.0. The van der Waals surface area contributed by atoms with E-state index in [1.54, 1.807) is 0 Å². The van der Waals surface area contributed by atoms with Crippen molar-refractivity contribution >= 4 is 27.3 Å². The molecular weight excluding hydrogens is 379 g/mol. The molecule has 0 aromatic heterocycles. The Morgan fingerprint density at radius 1 is 1.32 bits per heavy atom. The van der Waals surface area contributed by atoms with Gasteiger partial charge in [-0.3, -0.25) is 4.90 Å². The van der Waals surface area contributed by atoms with Gasteiger partial charge in [0.15, 0.2) is 0 Å². The number of anilines is 1. The fraction of sp³-hybridized carbons (Fsp3) is 0.500. The molecule has 0 N–H and O–H groups in total. The van der Waals surface area contributed by atoms with Gasteiger partial charge in [-0.2, -0.15) is 0 Å². The summed E-state index contributed by atoms with van der Waals surface area (Å²) in [6.07, 6.45) is 0. The van der Waals surface area contributed by atoms with Crippen molar-refractivity contribution in [3.05, 3.63) is 35.2 Å². The molecule has 1 heterocycles. The number of aryl methyl sites for hydroxylation is 1. The third-order valence-electron chi connectivity index (χ3n) is 3.33. The minimum atomic E-state index is 0. The average Bonchev–Trinajstić information content (AvgIpc) is 2.40. The molecule has 0 bridgehead atoms. The van der Waals surface area contributed by atoms with Gasteiger partial charge in [0.05, 0.1) is 0 Å². The van der Waals surface area contributed by atoms with Gasteiger partial charge in [-0.1, -0.05) is 40.2 Å². The fourth-order valence-corrected chi connectivity index (χ4v) is 2.72. The van der Waals surface area contributed by atoms with Gasteiger partial charge in [0.2, 0.25) is 5.69 Å². The Bertz CT molecular complexity index is 450. The van der Waals surface area contributed by atoms with Crippen molar-refractivity contribution in [2.45, 2.75) is 6.92 Å². The van der Waals surface area contributed by atoms with Crippen LogP contribution in [0.5, 0.6) is 0 Å². The molecule has 1 aliphatic heterocycles. The summed E-state index contributed by atoms with van der Waals surface area (Å²) in [6.45, 7) is 14.4. The largest absolute Gasteiger partial charge is 0.391 e. The number of piperazine rings is 1. The van der Waals surface area contributed by atoms with Crippen LogP contribution in [0, 0.1) is 19.6 Å². The summed E-state index contributed by atoms with van der Waals surface area (Å²) >= 11 is 3.48. The molecule has 1 saturated heterocycles. The van der Waals surface area contributed by atoms with E-state index in [4.69, 9.17) is 6.57 Å². The van der Waals surface area contributed by atoms with Crippen LogP contribution in [0.15, 0.2) is 12.1 Å². The number of nitrogens with zero attached hydrogens (tertiary/aromatic N) is 3. The van der Waals surface area contributed by atoms with Crippen molar-refractivity contribution in [1.29, 1.82) is 0 Å². The first kappa shape index (κ1) is 17.1. The second-order valence-corrected chi connectivity index (χ2v) is 5.28. The molecule has 1 aromatic carbocycles. The molecule has 1 fully saturated rings. The molecule has 0 spiro atoms. The van der Waals surface area contributed by atoms with E-state index in [0.717, 1.165) is 49.3 Å². The molecule has 1 aromatic rings. The van der Waals surface area contributed by atoms with E-state index in [9.17, 15) is 0 Å². The van der Waals surface area contributed by atoms with Crippen LogP contribution < -0.4 is 4.90 Å². The predicted molar refractivity (Wildman–Crippen MR) is 78.7 cm³/mol. The van der Waals surface area contributed by atoms with E-state index in [2.05, 4.69) is 36.6 Å². The summed E-state index contributed by atoms with van der Waals surface area (Å²) in [5, 5.41) is 1.04. The van der Waals surface area contributed by atoms with E-state index in [1.165, 1.54) is 0 Å². The number of hydrogen-bond donors (Lipinski definition) is 0. The van der Waals surface area contributed by atoms with Crippen LogP contribution in [0.3, 0.4) is 0 Å². The molecule has 3 nitrogen and oxygen atoms in total. The summed E-state index contributed by atoms with van der Waals surface area (Å²) in [5.41, 5.74) is 2.78. The number of rotatable bonds is 3. The Kier molecular flexibility index (Phi) is 7.53. The standard InChI is InChI=1S/C14H17BrN3.Y/c1-12-11-13(3-4-14(12)16-2)18-9-7-17(6-5-15)8-10-18;/h3-4H,5-10H2,1H3;/q-1;. The first-order chi connectivity index (χ1) is 8.74. The minimum absolute atomic E-state index is 0. The van der Waals surface area contributed by atoms with Crippen molar-refractivity contribution in [3.63, 3.8) is 0 Å². The van der Waals surface area contributed by atoms with Crippen molar-refractivity contribution in [3.8, 4) is 0 Å². The topological polar surface area (TPSA) is 10.8 Å². The second-order valence-electron chi connectivity index (χ2n) is 4.48. The van der Waals surface area contributed by atoms with Gasteiger partial charge in [-0.15, -0.1) is 12.1 Å². The zero-order valence-corrected chi connectivity index (χ0v) is 15.6. The van der Waals surface area contributed by atoms with Gasteiger partial charge < -0.3 is 4.90 Å². The molecule has 2 rings (SSSR count). The van der Waals surface area contributed by atoms with Gasteiger partial charge in [-0.25, -0.2) is 4.85 Å². The van der Waals surface area contributed by atoms with E-state index in [-0.39, 0.29) is 32.7 Å². The van der Waals surface area contributed by atoms with Crippen LogP contribution >= 0.6 is 15.9 Å². The van der Waals surface area contributed by atoms with E-state index in [0.29, 0.717) is 5.69 Å². The molecule has 1 radical (unpaired) electrons. The Labute approximate surface area is 149 Å². The van der Waals surface area contributed by atoms with E-state index >= 15 is 0 Å². The quantitative estimate of drug-likeness (QED) is 0.575. The predicted octanol–water partition coefficient (Wildman–Crippen LogP) is 2.86. The van der Waals surface area contributed by atoms with Gasteiger partial charge in [0.25, 0.3) is 0 Å². The molecule has 1 aliphatic rings. The monoisotopic (exact) mass is 395 g/mol. The number of hydrogen-bond acceptors (Lipinski definition) is 2. The molecular formula is C14H17BrN3Y-. The Morgan fingerprint density at radius 2 is 2.00 bits per heavy atom. The SMILES string of the molecule is [C-]#[N+]c1ccc(N2CCN(CCBr)CC2)[c-]c1C.[Y].